The molecule has 3 aromatic rings. The second kappa shape index (κ2) is 9.65. The van der Waals surface area contributed by atoms with Crippen molar-refractivity contribution in [2.24, 2.45) is 5.14 Å². The maximum Gasteiger partial charge on any atom is 0.300 e. The van der Waals surface area contributed by atoms with Crippen LogP contribution in [0.2, 0.25) is 5.02 Å². The molecule has 0 saturated carbocycles. The lowest BCUT2D eigenvalue weighted by Crippen LogP contribution is -2.29. The van der Waals surface area contributed by atoms with Gasteiger partial charge < -0.3 is 14.6 Å². The number of nitrogens with two attached hydrogens (primary N) is 1. The number of rotatable bonds is 6. The zero-order valence-electron chi connectivity index (χ0n) is 19.1. The van der Waals surface area contributed by atoms with Crippen LogP contribution in [-0.4, -0.2) is 39.4 Å². The van der Waals surface area contributed by atoms with Crippen molar-refractivity contribution in [2.45, 2.75) is 10.9 Å². The lowest BCUT2D eigenvalue weighted by Gasteiger charge is -2.26. The van der Waals surface area contributed by atoms with Crippen LogP contribution in [0.4, 0.5) is 5.69 Å². The first-order chi connectivity index (χ1) is 17.1. The van der Waals surface area contributed by atoms with Crippen LogP contribution in [0.5, 0.6) is 11.5 Å². The predicted molar refractivity (Wildman–Crippen MR) is 134 cm³/mol. The quantitative estimate of drug-likeness (QED) is 0.283. The zero-order chi connectivity index (χ0) is 26.2. The van der Waals surface area contributed by atoms with Gasteiger partial charge in [-0.2, -0.15) is 0 Å². The number of Topliss-reactive ketones (excluding diaryl/α,β-unsaturated/α-hetero) is 1. The summed E-state index contributed by atoms with van der Waals surface area (Å²) in [4.78, 5) is 27.6. The van der Waals surface area contributed by atoms with Crippen molar-refractivity contribution in [3.63, 3.8) is 0 Å². The number of benzene rings is 3. The lowest BCUT2D eigenvalue weighted by molar-refractivity contribution is -0.132. The molecular weight excluding hydrogens is 508 g/mol. The minimum Gasteiger partial charge on any atom is -0.507 e. The number of methoxy groups -OCH3 is 2. The van der Waals surface area contributed by atoms with Crippen molar-refractivity contribution in [2.75, 3.05) is 19.1 Å². The molecule has 0 bridgehead atoms. The largest absolute Gasteiger partial charge is 0.507 e. The van der Waals surface area contributed by atoms with E-state index in [1.165, 1.54) is 55.5 Å². The van der Waals surface area contributed by atoms with E-state index in [2.05, 4.69) is 0 Å². The van der Waals surface area contributed by atoms with Crippen molar-refractivity contribution in [3.8, 4) is 11.5 Å². The van der Waals surface area contributed by atoms with Gasteiger partial charge in [0.15, 0.2) is 0 Å². The number of aliphatic hydroxyl groups is 1. The molecule has 11 heteroatoms. The Balaban J connectivity index is 1.97. The molecule has 1 saturated heterocycles. The number of nitrogens with zero attached hydrogens (tertiary/aromatic N) is 1. The highest BCUT2D eigenvalue weighted by Gasteiger charge is 2.47. The van der Waals surface area contributed by atoms with Crippen LogP contribution in [0.1, 0.15) is 17.2 Å². The van der Waals surface area contributed by atoms with Gasteiger partial charge in [0, 0.05) is 11.3 Å². The third-order valence-corrected chi connectivity index (χ3v) is 6.98. The molecule has 1 amide bonds. The SMILES string of the molecule is COc1cccc(C2/C(=C(\O)c3cc(OC)ccc3Cl)C(=O)C(=O)N2c2ccc(S(N)(=O)=O)cc2)c1. The van der Waals surface area contributed by atoms with Crippen molar-refractivity contribution in [1.82, 2.24) is 0 Å². The van der Waals surface area contributed by atoms with Crippen molar-refractivity contribution >= 4 is 44.8 Å². The number of halogens is 1. The molecule has 186 valence electrons. The van der Waals surface area contributed by atoms with Crippen LogP contribution in [0.25, 0.3) is 5.76 Å². The van der Waals surface area contributed by atoms with Crippen molar-refractivity contribution < 1.29 is 32.6 Å². The molecular formula is C25H21ClN2O7S. The van der Waals surface area contributed by atoms with Gasteiger partial charge in [-0.05, 0) is 60.2 Å². The smallest absolute Gasteiger partial charge is 0.300 e. The van der Waals surface area contributed by atoms with Crippen LogP contribution in [0, 0.1) is 0 Å². The molecule has 9 nitrogen and oxygen atoms in total. The molecule has 1 fully saturated rings. The summed E-state index contributed by atoms with van der Waals surface area (Å²) in [5, 5.41) is 16.6. The number of ketones is 1. The summed E-state index contributed by atoms with van der Waals surface area (Å²) < 4.78 is 33.9. The second-order valence-corrected chi connectivity index (χ2v) is 9.80. The Bertz CT molecular complexity index is 1500. The van der Waals surface area contributed by atoms with E-state index in [1.54, 1.807) is 30.3 Å². The van der Waals surface area contributed by atoms with E-state index in [0.717, 1.165) is 0 Å². The van der Waals surface area contributed by atoms with E-state index in [-0.39, 0.29) is 26.7 Å². The Labute approximate surface area is 212 Å². The number of sulfonamides is 1. The molecule has 1 aliphatic heterocycles. The van der Waals surface area contributed by atoms with E-state index in [0.29, 0.717) is 17.1 Å². The monoisotopic (exact) mass is 528 g/mol. The minimum absolute atomic E-state index is 0.103. The molecule has 1 aliphatic rings. The van der Waals surface area contributed by atoms with Gasteiger partial charge in [-0.25, -0.2) is 13.6 Å². The van der Waals surface area contributed by atoms with Gasteiger partial charge in [-0.15, -0.1) is 0 Å². The van der Waals surface area contributed by atoms with Crippen LogP contribution < -0.4 is 19.5 Å². The summed E-state index contributed by atoms with van der Waals surface area (Å²) in [6.45, 7) is 0. The predicted octanol–water partition coefficient (Wildman–Crippen LogP) is 3.63. The van der Waals surface area contributed by atoms with Crippen LogP contribution in [-0.2, 0) is 19.6 Å². The summed E-state index contributed by atoms with van der Waals surface area (Å²) in [5.41, 5.74) is 0.572. The fourth-order valence-electron chi connectivity index (χ4n) is 3.98. The number of aliphatic hydroxyl groups excluding tert-OH is 1. The highest BCUT2D eigenvalue weighted by molar-refractivity contribution is 7.89. The van der Waals surface area contributed by atoms with E-state index in [9.17, 15) is 23.1 Å². The van der Waals surface area contributed by atoms with Gasteiger partial charge >= 0.3 is 0 Å². The Morgan fingerprint density at radius 1 is 0.972 bits per heavy atom. The summed E-state index contributed by atoms with van der Waals surface area (Å²) in [7, 11) is -1.07. The fraction of sp³-hybridized carbons (Fsp3) is 0.120. The molecule has 3 aromatic carbocycles. The molecule has 0 radical (unpaired) electrons. The molecule has 1 atom stereocenters. The molecule has 0 aliphatic carbocycles. The summed E-state index contributed by atoms with van der Waals surface area (Å²) in [6, 6.07) is 15.3. The van der Waals surface area contributed by atoms with Crippen molar-refractivity contribution in [3.05, 3.63) is 88.5 Å². The number of ether oxygens (including phenoxy) is 2. The average molecular weight is 529 g/mol. The Morgan fingerprint density at radius 2 is 1.61 bits per heavy atom. The maximum atomic E-state index is 13.3. The van der Waals surface area contributed by atoms with E-state index in [4.69, 9.17) is 26.2 Å². The highest BCUT2D eigenvalue weighted by Crippen LogP contribution is 2.44. The first kappa shape index (κ1) is 25.2. The summed E-state index contributed by atoms with van der Waals surface area (Å²) >= 11 is 6.32. The average Bonchev–Trinajstić information content (AvgIpc) is 3.13. The third kappa shape index (κ3) is 4.53. The van der Waals surface area contributed by atoms with Gasteiger partial charge in [0.2, 0.25) is 10.0 Å². The van der Waals surface area contributed by atoms with E-state index < -0.39 is 33.5 Å². The van der Waals surface area contributed by atoms with Gasteiger partial charge in [-0.1, -0.05) is 23.7 Å². The molecule has 3 N–H and O–H groups in total. The first-order valence-corrected chi connectivity index (χ1v) is 12.4. The van der Waals surface area contributed by atoms with Gasteiger partial charge in [0.1, 0.15) is 17.3 Å². The van der Waals surface area contributed by atoms with E-state index in [1.807, 2.05) is 0 Å². The van der Waals surface area contributed by atoms with E-state index >= 15 is 0 Å². The number of amides is 1. The topological polar surface area (TPSA) is 136 Å². The maximum absolute atomic E-state index is 13.3. The van der Waals surface area contributed by atoms with Gasteiger partial charge in [-0.3, -0.25) is 14.5 Å². The van der Waals surface area contributed by atoms with Gasteiger partial charge in [0.05, 0.1) is 35.8 Å². The molecule has 1 heterocycles. The Kier molecular flexibility index (Phi) is 6.77. The fourth-order valence-corrected chi connectivity index (χ4v) is 4.70. The molecule has 36 heavy (non-hydrogen) atoms. The minimum atomic E-state index is -3.98. The van der Waals surface area contributed by atoms with Crippen LogP contribution in [0.3, 0.4) is 0 Å². The second-order valence-electron chi connectivity index (χ2n) is 7.83. The summed E-state index contributed by atoms with van der Waals surface area (Å²) in [6.07, 6.45) is 0. The number of anilines is 1. The number of hydrogen-bond donors (Lipinski definition) is 2. The molecule has 4 rings (SSSR count). The third-order valence-electron chi connectivity index (χ3n) is 5.73. The van der Waals surface area contributed by atoms with Crippen LogP contribution >= 0.6 is 11.6 Å². The molecule has 0 aromatic heterocycles. The Morgan fingerprint density at radius 3 is 2.22 bits per heavy atom. The zero-order valence-corrected chi connectivity index (χ0v) is 20.7. The van der Waals surface area contributed by atoms with Gasteiger partial charge in [0.25, 0.3) is 11.7 Å². The van der Waals surface area contributed by atoms with Crippen LogP contribution in [0.15, 0.2) is 77.2 Å². The molecule has 1 unspecified atom stereocenters. The first-order valence-electron chi connectivity index (χ1n) is 10.5. The standard InChI is InChI=1S/C25H21ClN2O7S/c1-34-16-5-3-4-14(12-16)22-21(23(29)19-13-17(35-2)8-11-20(19)26)24(30)25(31)28(22)15-6-9-18(10-7-15)36(27,32)33/h3-13,22,29H,1-2H3,(H2,27,32,33)/b23-21+. The summed E-state index contributed by atoms with van der Waals surface area (Å²) in [5.74, 6) is -1.52. The highest BCUT2D eigenvalue weighted by atomic mass is 35.5. The lowest BCUT2D eigenvalue weighted by atomic mass is 9.95. The number of carbonyl (C=O) groups is 2. The Hall–Kier alpha value is -3.86. The number of carbonyl (C=O) groups excluding carboxylic acids is 2. The normalized spacial score (nSPS) is 17.3. The van der Waals surface area contributed by atoms with Crippen molar-refractivity contribution in [1.29, 1.82) is 0 Å². The molecule has 0 spiro atoms. The number of primary sulfonamides is 1. The number of hydrogen-bond acceptors (Lipinski definition) is 7.